The molecule has 4 atom stereocenters. The van der Waals surface area contributed by atoms with E-state index in [9.17, 15) is 0 Å². The average Bonchev–Trinajstić information content (AvgIpc) is 2.79. The molecule has 0 aromatic rings. The Morgan fingerprint density at radius 2 is 2.19 bits per heavy atom. The predicted octanol–water partition coefficient (Wildman–Crippen LogP) is 1.11. The molecule has 2 aliphatic heterocycles. The van der Waals surface area contributed by atoms with Crippen molar-refractivity contribution in [2.24, 2.45) is 28.2 Å². The van der Waals surface area contributed by atoms with Crippen molar-refractivity contribution in [3.8, 4) is 0 Å². The third kappa shape index (κ3) is 1.49. The van der Waals surface area contributed by atoms with Crippen molar-refractivity contribution in [2.45, 2.75) is 25.4 Å². The van der Waals surface area contributed by atoms with Gasteiger partial charge in [0.1, 0.15) is 6.17 Å². The summed E-state index contributed by atoms with van der Waals surface area (Å²) in [6.45, 7) is 2.29. The summed E-state index contributed by atoms with van der Waals surface area (Å²) in [4.78, 5) is 0. The second-order valence-electron chi connectivity index (χ2n) is 5.45. The Bertz CT molecular complexity index is 292. The lowest BCUT2D eigenvalue weighted by Crippen LogP contribution is -2.38. The first-order valence-electron chi connectivity index (χ1n) is 6.35. The zero-order valence-corrected chi connectivity index (χ0v) is 10.1. The highest BCUT2D eigenvalue weighted by molar-refractivity contribution is 4.95. The van der Waals surface area contributed by atoms with Crippen LogP contribution in [-0.2, 0) is 0 Å². The van der Waals surface area contributed by atoms with Crippen LogP contribution < -0.4 is 5.32 Å². The summed E-state index contributed by atoms with van der Waals surface area (Å²) in [7, 11) is 4.11. The van der Waals surface area contributed by atoms with Crippen molar-refractivity contribution in [3.05, 3.63) is 0 Å². The molecule has 3 rings (SSSR count). The van der Waals surface area contributed by atoms with Gasteiger partial charge in [0.25, 0.3) is 0 Å². The SMILES string of the molecule is CNCC1CCC2C(C1)CN1N=NN(C)C21. The third-order valence-corrected chi connectivity index (χ3v) is 4.43. The molecule has 0 aromatic carbocycles. The summed E-state index contributed by atoms with van der Waals surface area (Å²) in [5, 5.41) is 15.9. The lowest BCUT2D eigenvalue weighted by molar-refractivity contribution is 0.104. The zero-order valence-electron chi connectivity index (χ0n) is 10.1. The molecule has 1 saturated heterocycles. The molecule has 1 N–H and O–H groups in total. The minimum absolute atomic E-state index is 0.459. The highest BCUT2D eigenvalue weighted by Gasteiger charge is 2.48. The standard InChI is InChI=1S/C11H21N5/c1-12-6-8-3-4-10-9(5-8)7-16-11(10)15(2)13-14-16/h8-12H,3-7H2,1-2H3. The zero-order chi connectivity index (χ0) is 11.1. The quantitative estimate of drug-likeness (QED) is 0.762. The van der Waals surface area contributed by atoms with E-state index in [0.29, 0.717) is 6.17 Å². The van der Waals surface area contributed by atoms with Crippen molar-refractivity contribution >= 4 is 0 Å². The normalized spacial score (nSPS) is 41.4. The van der Waals surface area contributed by atoms with Gasteiger partial charge in [0.05, 0.1) is 0 Å². The van der Waals surface area contributed by atoms with Crippen LogP contribution in [0.3, 0.4) is 0 Å². The summed E-state index contributed by atoms with van der Waals surface area (Å²) in [5.41, 5.74) is 0. The molecule has 0 amide bonds. The molecule has 0 bridgehead atoms. The van der Waals surface area contributed by atoms with Crippen LogP contribution >= 0.6 is 0 Å². The lowest BCUT2D eigenvalue weighted by Gasteiger charge is -2.33. The van der Waals surface area contributed by atoms with Gasteiger partial charge in [-0.3, -0.25) is 10.0 Å². The van der Waals surface area contributed by atoms with Gasteiger partial charge < -0.3 is 5.32 Å². The van der Waals surface area contributed by atoms with Crippen molar-refractivity contribution in [3.63, 3.8) is 0 Å². The van der Waals surface area contributed by atoms with Crippen LogP contribution in [0, 0.1) is 17.8 Å². The van der Waals surface area contributed by atoms with Gasteiger partial charge in [-0.1, -0.05) is 10.4 Å². The van der Waals surface area contributed by atoms with Crippen LogP contribution in [0.2, 0.25) is 0 Å². The monoisotopic (exact) mass is 223 g/mol. The van der Waals surface area contributed by atoms with Crippen molar-refractivity contribution in [2.75, 3.05) is 27.2 Å². The maximum atomic E-state index is 4.24. The van der Waals surface area contributed by atoms with E-state index in [1.54, 1.807) is 0 Å². The Balaban J connectivity index is 1.68. The van der Waals surface area contributed by atoms with Crippen LogP contribution in [0.15, 0.2) is 10.4 Å². The summed E-state index contributed by atoms with van der Waals surface area (Å²) in [6, 6.07) is 0. The second kappa shape index (κ2) is 3.87. The molecule has 0 radical (unpaired) electrons. The van der Waals surface area contributed by atoms with Crippen molar-refractivity contribution in [1.29, 1.82) is 0 Å². The molecule has 16 heavy (non-hydrogen) atoms. The fourth-order valence-corrected chi connectivity index (χ4v) is 3.76. The maximum Gasteiger partial charge on any atom is 0.140 e. The van der Waals surface area contributed by atoms with Crippen LogP contribution in [-0.4, -0.2) is 43.4 Å². The van der Waals surface area contributed by atoms with E-state index in [0.717, 1.165) is 24.3 Å². The number of fused-ring (bicyclic) bond motifs is 3. The Labute approximate surface area is 96.8 Å². The number of nitrogens with one attached hydrogen (secondary N) is 1. The van der Waals surface area contributed by atoms with Gasteiger partial charge in [0.15, 0.2) is 0 Å². The second-order valence-corrected chi connectivity index (χ2v) is 5.45. The Morgan fingerprint density at radius 3 is 3.00 bits per heavy atom. The van der Waals surface area contributed by atoms with E-state index in [2.05, 4.69) is 34.9 Å². The van der Waals surface area contributed by atoms with E-state index in [4.69, 9.17) is 0 Å². The third-order valence-electron chi connectivity index (χ3n) is 4.43. The molecule has 2 fully saturated rings. The number of hydrogen-bond donors (Lipinski definition) is 1. The molecular weight excluding hydrogens is 202 g/mol. The van der Waals surface area contributed by atoms with Gasteiger partial charge in [0.2, 0.25) is 0 Å². The molecule has 1 aliphatic carbocycles. The lowest BCUT2D eigenvalue weighted by atomic mass is 9.75. The van der Waals surface area contributed by atoms with Gasteiger partial charge in [-0.05, 0) is 44.7 Å². The van der Waals surface area contributed by atoms with Gasteiger partial charge in [0, 0.05) is 19.5 Å². The smallest absolute Gasteiger partial charge is 0.140 e. The van der Waals surface area contributed by atoms with Gasteiger partial charge in [-0.25, -0.2) is 0 Å². The molecule has 1 saturated carbocycles. The number of nitrogens with zero attached hydrogens (tertiary/aromatic N) is 4. The van der Waals surface area contributed by atoms with Crippen LogP contribution in [0.4, 0.5) is 0 Å². The van der Waals surface area contributed by atoms with Gasteiger partial charge in [-0.15, -0.1) is 0 Å². The molecule has 90 valence electrons. The molecule has 0 aromatic heterocycles. The molecule has 5 heteroatoms. The summed E-state index contributed by atoms with van der Waals surface area (Å²) < 4.78 is 0. The Hall–Kier alpha value is -0.840. The summed E-state index contributed by atoms with van der Waals surface area (Å²) >= 11 is 0. The Morgan fingerprint density at radius 1 is 1.31 bits per heavy atom. The highest BCUT2D eigenvalue weighted by atomic mass is 15.8. The van der Waals surface area contributed by atoms with E-state index in [1.807, 2.05) is 5.01 Å². The molecule has 0 spiro atoms. The van der Waals surface area contributed by atoms with Crippen LogP contribution in [0.1, 0.15) is 19.3 Å². The van der Waals surface area contributed by atoms with Crippen LogP contribution in [0.5, 0.6) is 0 Å². The molecule has 2 heterocycles. The van der Waals surface area contributed by atoms with Crippen molar-refractivity contribution < 1.29 is 0 Å². The van der Waals surface area contributed by atoms with Crippen molar-refractivity contribution in [1.82, 2.24) is 15.3 Å². The summed E-state index contributed by atoms with van der Waals surface area (Å²) in [5.74, 6) is 2.49. The number of rotatable bonds is 2. The fourth-order valence-electron chi connectivity index (χ4n) is 3.76. The topological polar surface area (TPSA) is 43.2 Å². The minimum atomic E-state index is 0.459. The van der Waals surface area contributed by atoms with E-state index >= 15 is 0 Å². The first kappa shape index (κ1) is 10.3. The first-order valence-corrected chi connectivity index (χ1v) is 6.35. The predicted molar refractivity (Wildman–Crippen MR) is 61.4 cm³/mol. The maximum absolute atomic E-state index is 4.24. The largest absolute Gasteiger partial charge is 0.319 e. The molecular formula is C11H21N5. The van der Waals surface area contributed by atoms with Crippen LogP contribution in [0.25, 0.3) is 0 Å². The highest BCUT2D eigenvalue weighted by Crippen LogP contribution is 2.45. The fraction of sp³-hybridized carbons (Fsp3) is 1.00. The van der Waals surface area contributed by atoms with E-state index < -0.39 is 0 Å². The minimum Gasteiger partial charge on any atom is -0.319 e. The van der Waals surface area contributed by atoms with E-state index in [1.165, 1.54) is 25.8 Å². The summed E-state index contributed by atoms with van der Waals surface area (Å²) in [6.07, 6.45) is 4.52. The molecule has 5 nitrogen and oxygen atoms in total. The first-order chi connectivity index (χ1) is 7.79. The number of hydrogen-bond acceptors (Lipinski definition) is 5. The Kier molecular flexibility index (Phi) is 2.50. The molecule has 3 aliphatic rings. The molecule has 4 unspecified atom stereocenters. The van der Waals surface area contributed by atoms with Gasteiger partial charge in [-0.2, -0.15) is 0 Å². The van der Waals surface area contributed by atoms with E-state index in [-0.39, 0.29) is 0 Å². The van der Waals surface area contributed by atoms with Gasteiger partial charge >= 0.3 is 0 Å². The average molecular weight is 223 g/mol.